The van der Waals surface area contributed by atoms with Gasteiger partial charge in [0.25, 0.3) is 0 Å². The molecule has 0 aliphatic heterocycles. The smallest absolute Gasteiger partial charge is 0.280 e. The maximum atomic E-state index is 5.38. The van der Waals surface area contributed by atoms with Crippen LogP contribution in [-0.4, -0.2) is 17.1 Å². The number of amidine groups is 1. The summed E-state index contributed by atoms with van der Waals surface area (Å²) in [5, 5.41) is 7.18. The standard InChI is InChI=1S/C5H11N3S/c1-4(2)7-8-5(6)9-3/h1-3H3,(H2,6,8)/p+1. The fraction of sp³-hybridized carbons (Fsp3) is 0.600. The number of hydrogen-bond donors (Lipinski definition) is 2. The van der Waals surface area contributed by atoms with Crippen LogP contribution in [0.3, 0.4) is 0 Å². The largest absolute Gasteiger partial charge is 0.326 e. The van der Waals surface area contributed by atoms with Gasteiger partial charge in [-0.3, -0.25) is 5.73 Å². The molecule has 0 heterocycles. The lowest BCUT2D eigenvalue weighted by Gasteiger charge is -1.82. The molecule has 0 unspecified atom stereocenters. The van der Waals surface area contributed by atoms with Gasteiger partial charge in [0, 0.05) is 0 Å². The highest BCUT2D eigenvalue weighted by molar-refractivity contribution is 8.12. The number of nitrogens with two attached hydrogens (primary N) is 1. The summed E-state index contributed by atoms with van der Waals surface area (Å²) < 4.78 is 0. The Bertz CT molecular complexity index is 135. The van der Waals surface area contributed by atoms with Gasteiger partial charge in [0.2, 0.25) is 0 Å². The second-order valence-electron chi connectivity index (χ2n) is 1.74. The second-order valence-corrected chi connectivity index (χ2v) is 2.59. The van der Waals surface area contributed by atoms with Crippen molar-refractivity contribution < 1.29 is 5.10 Å². The van der Waals surface area contributed by atoms with E-state index in [2.05, 4.69) is 10.2 Å². The number of rotatable bonds is 1. The molecule has 0 bridgehead atoms. The maximum Gasteiger partial charge on any atom is 0.326 e. The van der Waals surface area contributed by atoms with Crippen molar-refractivity contribution in [3.8, 4) is 0 Å². The predicted molar refractivity (Wildman–Crippen MR) is 42.5 cm³/mol. The second kappa shape index (κ2) is 4.38. The molecule has 3 nitrogen and oxygen atoms in total. The van der Waals surface area contributed by atoms with Crippen molar-refractivity contribution in [2.75, 3.05) is 6.26 Å². The highest BCUT2D eigenvalue weighted by Crippen LogP contribution is 1.80. The van der Waals surface area contributed by atoms with E-state index in [1.54, 1.807) is 0 Å². The van der Waals surface area contributed by atoms with Crippen molar-refractivity contribution in [3.63, 3.8) is 0 Å². The van der Waals surface area contributed by atoms with Crippen LogP contribution in [-0.2, 0) is 0 Å². The zero-order chi connectivity index (χ0) is 7.28. The van der Waals surface area contributed by atoms with Gasteiger partial charge in [0.1, 0.15) is 0 Å². The van der Waals surface area contributed by atoms with Crippen molar-refractivity contribution >= 4 is 22.6 Å². The highest BCUT2D eigenvalue weighted by Gasteiger charge is 1.89. The number of nitrogens with one attached hydrogen (secondary N) is 1. The van der Waals surface area contributed by atoms with Gasteiger partial charge >= 0.3 is 5.17 Å². The van der Waals surface area contributed by atoms with Gasteiger partial charge in [0.05, 0.1) is 5.71 Å². The molecule has 0 aliphatic carbocycles. The van der Waals surface area contributed by atoms with E-state index < -0.39 is 0 Å². The number of nitrogens with zero attached hydrogens (tertiary/aromatic N) is 1. The SMILES string of the molecule is CSC(N)=[NH+]N=C(C)C. The monoisotopic (exact) mass is 146 g/mol. The summed E-state index contributed by atoms with van der Waals surface area (Å²) in [6, 6.07) is 0. The topological polar surface area (TPSA) is 52.4 Å². The zero-order valence-corrected chi connectivity index (χ0v) is 6.75. The van der Waals surface area contributed by atoms with Crippen LogP contribution in [0.5, 0.6) is 0 Å². The fourth-order valence-electron chi connectivity index (χ4n) is 0.213. The molecule has 0 aromatic carbocycles. The molecular weight excluding hydrogens is 134 g/mol. The van der Waals surface area contributed by atoms with Crippen molar-refractivity contribution in [2.45, 2.75) is 13.8 Å². The summed E-state index contributed by atoms with van der Waals surface area (Å²) in [6.45, 7) is 3.81. The van der Waals surface area contributed by atoms with Gasteiger partial charge in [-0.1, -0.05) is 5.10 Å². The Morgan fingerprint density at radius 1 is 1.56 bits per heavy atom. The number of hydrogen-bond acceptors (Lipinski definition) is 2. The molecule has 0 aromatic rings. The summed E-state index contributed by atoms with van der Waals surface area (Å²) in [6.07, 6.45) is 1.89. The quantitative estimate of drug-likeness (QED) is 0.287. The molecule has 0 rings (SSSR count). The lowest BCUT2D eigenvalue weighted by atomic mass is 10.5. The van der Waals surface area contributed by atoms with E-state index >= 15 is 0 Å². The van der Waals surface area contributed by atoms with E-state index in [0.29, 0.717) is 5.17 Å². The van der Waals surface area contributed by atoms with Crippen LogP contribution in [0.25, 0.3) is 0 Å². The molecule has 0 fully saturated rings. The van der Waals surface area contributed by atoms with Crippen LogP contribution in [0.15, 0.2) is 5.10 Å². The Balaban J connectivity index is 3.83. The summed E-state index contributed by atoms with van der Waals surface area (Å²) in [4.78, 5) is 0. The van der Waals surface area contributed by atoms with Crippen LogP contribution in [0.1, 0.15) is 13.8 Å². The number of thioether (sulfide) groups is 1. The van der Waals surface area contributed by atoms with Gasteiger partial charge in [-0.05, 0) is 31.9 Å². The minimum Gasteiger partial charge on any atom is -0.280 e. The normalized spacial score (nSPS) is 11.2. The minimum absolute atomic E-state index is 0.621. The molecule has 0 spiro atoms. The molecule has 0 saturated heterocycles. The van der Waals surface area contributed by atoms with E-state index in [9.17, 15) is 0 Å². The number of hydrazone groups is 1. The molecule has 0 amide bonds. The van der Waals surface area contributed by atoms with Crippen LogP contribution in [0.4, 0.5) is 0 Å². The highest BCUT2D eigenvalue weighted by atomic mass is 32.2. The lowest BCUT2D eigenvalue weighted by Crippen LogP contribution is -2.68. The molecule has 4 heteroatoms. The van der Waals surface area contributed by atoms with E-state index in [-0.39, 0.29) is 0 Å². The zero-order valence-electron chi connectivity index (χ0n) is 5.93. The lowest BCUT2D eigenvalue weighted by molar-refractivity contribution is -0.460. The van der Waals surface area contributed by atoms with Crippen LogP contribution < -0.4 is 10.8 Å². The van der Waals surface area contributed by atoms with E-state index in [0.717, 1.165) is 5.71 Å². The molecule has 0 radical (unpaired) electrons. The van der Waals surface area contributed by atoms with Crippen LogP contribution in [0, 0.1) is 0 Å². The third-order valence-corrected chi connectivity index (χ3v) is 1.14. The minimum atomic E-state index is 0.621. The maximum absolute atomic E-state index is 5.38. The molecule has 52 valence electrons. The third kappa shape index (κ3) is 5.36. The fourth-order valence-corrected chi connectivity index (χ4v) is 0.349. The summed E-state index contributed by atoms with van der Waals surface area (Å²) in [5.41, 5.74) is 6.35. The Hall–Kier alpha value is -0.510. The first-order valence-corrected chi connectivity index (χ1v) is 3.82. The van der Waals surface area contributed by atoms with Gasteiger partial charge in [0.15, 0.2) is 0 Å². The Kier molecular flexibility index (Phi) is 4.13. The molecule has 0 saturated carbocycles. The first-order chi connectivity index (χ1) is 4.16. The van der Waals surface area contributed by atoms with E-state index in [1.165, 1.54) is 11.8 Å². The molecular formula is C5H12N3S+. The molecule has 0 atom stereocenters. The summed E-state index contributed by atoms with van der Waals surface area (Å²) >= 11 is 1.44. The summed E-state index contributed by atoms with van der Waals surface area (Å²) in [5.74, 6) is 0. The van der Waals surface area contributed by atoms with Gasteiger partial charge in [-0.2, -0.15) is 0 Å². The van der Waals surface area contributed by atoms with Crippen molar-refractivity contribution in [1.82, 2.24) is 0 Å². The Labute approximate surface area is 59.4 Å². The average Bonchev–Trinajstić information content (AvgIpc) is 1.83. The van der Waals surface area contributed by atoms with Gasteiger partial charge in [-0.15, -0.1) is 5.10 Å². The first kappa shape index (κ1) is 8.49. The Morgan fingerprint density at radius 3 is 2.44 bits per heavy atom. The first-order valence-electron chi connectivity index (χ1n) is 2.60. The molecule has 0 aliphatic rings. The van der Waals surface area contributed by atoms with Crippen LogP contribution in [0.2, 0.25) is 0 Å². The molecule has 9 heavy (non-hydrogen) atoms. The van der Waals surface area contributed by atoms with Gasteiger partial charge in [-0.25, -0.2) is 0 Å². The summed E-state index contributed by atoms with van der Waals surface area (Å²) in [7, 11) is 0. The van der Waals surface area contributed by atoms with Crippen molar-refractivity contribution in [3.05, 3.63) is 0 Å². The van der Waals surface area contributed by atoms with Gasteiger partial charge < -0.3 is 0 Å². The molecule has 3 N–H and O–H groups in total. The van der Waals surface area contributed by atoms with Crippen molar-refractivity contribution in [1.29, 1.82) is 0 Å². The van der Waals surface area contributed by atoms with Crippen molar-refractivity contribution in [2.24, 2.45) is 10.8 Å². The van der Waals surface area contributed by atoms with E-state index in [4.69, 9.17) is 5.73 Å². The third-order valence-electron chi connectivity index (χ3n) is 0.610. The average molecular weight is 146 g/mol. The van der Waals surface area contributed by atoms with Crippen LogP contribution >= 0.6 is 11.8 Å². The van der Waals surface area contributed by atoms with E-state index in [1.807, 2.05) is 20.1 Å². The Morgan fingerprint density at radius 2 is 2.11 bits per heavy atom. The predicted octanol–water partition coefficient (Wildman–Crippen LogP) is -0.859. The molecule has 0 aromatic heterocycles.